The van der Waals surface area contributed by atoms with Crippen molar-refractivity contribution >= 4 is 39.0 Å². The lowest BCUT2D eigenvalue weighted by atomic mass is 9.97. The highest BCUT2D eigenvalue weighted by molar-refractivity contribution is 7.27. The largest absolute Gasteiger partial charge is 0.324 e. The SMILES string of the molecule is CCCCc1c(-c2cccs2)sc(-c2ccc([N+](=O)[O-])s2)c1CCCC. The van der Waals surface area contributed by atoms with Crippen LogP contribution in [-0.2, 0) is 12.8 Å². The van der Waals surface area contributed by atoms with Gasteiger partial charge in [-0.3, -0.25) is 10.1 Å². The van der Waals surface area contributed by atoms with Crippen molar-refractivity contribution in [1.82, 2.24) is 0 Å². The molecule has 0 saturated heterocycles. The smallest absolute Gasteiger partial charge is 0.258 e. The Bertz CT molecular complexity index is 862. The monoisotopic (exact) mass is 405 g/mol. The molecular weight excluding hydrogens is 382 g/mol. The third kappa shape index (κ3) is 4.08. The van der Waals surface area contributed by atoms with E-state index < -0.39 is 0 Å². The summed E-state index contributed by atoms with van der Waals surface area (Å²) in [4.78, 5) is 15.8. The predicted octanol–water partition coefficient (Wildman–Crippen LogP) is 7.80. The Balaban J connectivity index is 2.12. The number of nitrogens with zero attached hydrogens (tertiary/aromatic N) is 1. The van der Waals surface area contributed by atoms with Crippen LogP contribution < -0.4 is 0 Å². The summed E-state index contributed by atoms with van der Waals surface area (Å²) in [6.45, 7) is 4.44. The maximum atomic E-state index is 11.1. The van der Waals surface area contributed by atoms with Gasteiger partial charge in [-0.25, -0.2) is 0 Å². The molecule has 0 aliphatic carbocycles. The van der Waals surface area contributed by atoms with E-state index in [1.54, 1.807) is 17.4 Å². The number of rotatable bonds is 9. The van der Waals surface area contributed by atoms with Crippen molar-refractivity contribution < 1.29 is 4.92 Å². The molecular formula is C20H23NO2S3. The Hall–Kier alpha value is -1.50. The van der Waals surface area contributed by atoms with E-state index in [2.05, 4.69) is 31.4 Å². The highest BCUT2D eigenvalue weighted by atomic mass is 32.1. The Morgan fingerprint density at radius 3 is 2.08 bits per heavy atom. The van der Waals surface area contributed by atoms with Crippen molar-refractivity contribution in [3.63, 3.8) is 0 Å². The van der Waals surface area contributed by atoms with Crippen LogP contribution in [0.2, 0.25) is 0 Å². The molecule has 3 aromatic rings. The second kappa shape index (κ2) is 8.93. The van der Waals surface area contributed by atoms with Crippen molar-refractivity contribution in [2.45, 2.75) is 52.4 Å². The lowest BCUT2D eigenvalue weighted by Gasteiger charge is -2.08. The first-order chi connectivity index (χ1) is 12.7. The van der Waals surface area contributed by atoms with Gasteiger partial charge in [-0.1, -0.05) is 44.1 Å². The summed E-state index contributed by atoms with van der Waals surface area (Å²) in [6, 6.07) is 7.85. The zero-order valence-electron chi connectivity index (χ0n) is 15.1. The molecule has 3 nitrogen and oxygen atoms in total. The number of unbranched alkanes of at least 4 members (excludes halogenated alkanes) is 2. The summed E-state index contributed by atoms with van der Waals surface area (Å²) in [7, 11) is 0. The van der Waals surface area contributed by atoms with Crippen LogP contribution in [0.5, 0.6) is 0 Å². The number of hydrogen-bond donors (Lipinski definition) is 0. The molecule has 0 saturated carbocycles. The normalized spacial score (nSPS) is 11.2. The van der Waals surface area contributed by atoms with E-state index in [-0.39, 0.29) is 9.92 Å². The standard InChI is InChI=1S/C20H23NO2S3/c1-3-5-8-14-15(9-6-4-2)20(17-11-12-18(25-17)21(22)23)26-19(14)16-10-7-13-24-16/h7,10-13H,3-6,8-9H2,1-2H3. The molecule has 3 heterocycles. The van der Waals surface area contributed by atoms with Gasteiger partial charge in [0.25, 0.3) is 0 Å². The molecule has 0 aliphatic heterocycles. The van der Waals surface area contributed by atoms with E-state index in [0.717, 1.165) is 30.6 Å². The van der Waals surface area contributed by atoms with Crippen molar-refractivity contribution in [2.75, 3.05) is 0 Å². The van der Waals surface area contributed by atoms with Crippen LogP contribution in [0.15, 0.2) is 29.6 Å². The minimum Gasteiger partial charge on any atom is -0.258 e. The average Bonchev–Trinajstić information content (AvgIpc) is 3.36. The molecule has 0 spiro atoms. The zero-order valence-corrected chi connectivity index (χ0v) is 17.6. The van der Waals surface area contributed by atoms with E-state index >= 15 is 0 Å². The van der Waals surface area contributed by atoms with E-state index in [1.807, 2.05) is 17.4 Å². The maximum absolute atomic E-state index is 11.1. The fourth-order valence-electron chi connectivity index (χ4n) is 3.09. The zero-order chi connectivity index (χ0) is 18.5. The van der Waals surface area contributed by atoms with Gasteiger partial charge in [-0.15, -0.1) is 22.7 Å². The molecule has 0 fully saturated rings. The topological polar surface area (TPSA) is 43.1 Å². The highest BCUT2D eigenvalue weighted by Gasteiger charge is 2.22. The second-order valence-corrected chi connectivity index (χ2v) is 9.33. The number of thiophene rings is 3. The minimum absolute atomic E-state index is 0.225. The third-order valence-corrected chi connectivity index (χ3v) is 7.96. The van der Waals surface area contributed by atoms with Gasteiger partial charge in [0.05, 0.1) is 9.80 Å². The van der Waals surface area contributed by atoms with Crippen molar-refractivity contribution in [3.8, 4) is 19.5 Å². The average molecular weight is 406 g/mol. The first-order valence-corrected chi connectivity index (χ1v) is 11.6. The molecule has 6 heteroatoms. The third-order valence-electron chi connectivity index (χ3n) is 4.42. The van der Waals surface area contributed by atoms with Crippen LogP contribution in [0.4, 0.5) is 5.00 Å². The Kier molecular flexibility index (Phi) is 6.62. The fourth-order valence-corrected chi connectivity index (χ4v) is 6.33. The molecule has 138 valence electrons. The van der Waals surface area contributed by atoms with Gasteiger partial charge in [0.1, 0.15) is 0 Å². The van der Waals surface area contributed by atoms with Crippen LogP contribution in [0.25, 0.3) is 19.5 Å². The Labute approximate surface area is 166 Å². The molecule has 0 N–H and O–H groups in total. The molecule has 0 amide bonds. The van der Waals surface area contributed by atoms with Gasteiger partial charge in [0.2, 0.25) is 0 Å². The Morgan fingerprint density at radius 1 is 0.923 bits per heavy atom. The van der Waals surface area contributed by atoms with E-state index in [9.17, 15) is 10.1 Å². The number of hydrogen-bond acceptors (Lipinski definition) is 5. The summed E-state index contributed by atoms with van der Waals surface area (Å²) >= 11 is 4.90. The molecule has 0 aliphatic rings. The molecule has 0 radical (unpaired) electrons. The summed E-state index contributed by atoms with van der Waals surface area (Å²) < 4.78 is 0. The van der Waals surface area contributed by atoms with Crippen LogP contribution in [0, 0.1) is 10.1 Å². The minimum atomic E-state index is -0.286. The predicted molar refractivity (Wildman–Crippen MR) is 115 cm³/mol. The second-order valence-electron chi connectivity index (χ2n) is 6.30. The van der Waals surface area contributed by atoms with Crippen LogP contribution >= 0.6 is 34.0 Å². The fraction of sp³-hybridized carbons (Fsp3) is 0.400. The molecule has 3 rings (SSSR count). The highest BCUT2D eigenvalue weighted by Crippen LogP contribution is 2.47. The molecule has 0 aromatic carbocycles. The van der Waals surface area contributed by atoms with Gasteiger partial charge in [-0.05, 0) is 54.3 Å². The van der Waals surface area contributed by atoms with Gasteiger partial charge >= 0.3 is 5.00 Å². The lowest BCUT2D eigenvalue weighted by Crippen LogP contribution is -1.94. The Morgan fingerprint density at radius 2 is 1.58 bits per heavy atom. The summed E-state index contributed by atoms with van der Waals surface area (Å²) in [6.07, 6.45) is 6.80. The van der Waals surface area contributed by atoms with Crippen molar-refractivity contribution in [2.24, 2.45) is 0 Å². The van der Waals surface area contributed by atoms with Gasteiger partial charge in [0, 0.05) is 20.7 Å². The summed E-state index contributed by atoms with van der Waals surface area (Å²) in [5.74, 6) is 0. The molecule has 0 bridgehead atoms. The van der Waals surface area contributed by atoms with Crippen LogP contribution in [-0.4, -0.2) is 4.92 Å². The van der Waals surface area contributed by atoms with E-state index in [1.165, 1.54) is 49.9 Å². The molecule has 26 heavy (non-hydrogen) atoms. The quantitative estimate of drug-likeness (QED) is 0.269. The summed E-state index contributed by atoms with van der Waals surface area (Å²) in [5, 5.41) is 13.5. The lowest BCUT2D eigenvalue weighted by molar-refractivity contribution is -0.380. The summed E-state index contributed by atoms with van der Waals surface area (Å²) in [5.41, 5.74) is 2.89. The van der Waals surface area contributed by atoms with Gasteiger partial charge in [0.15, 0.2) is 0 Å². The maximum Gasteiger partial charge on any atom is 0.324 e. The van der Waals surface area contributed by atoms with Crippen molar-refractivity contribution in [1.29, 1.82) is 0 Å². The van der Waals surface area contributed by atoms with E-state index in [0.29, 0.717) is 0 Å². The molecule has 3 aromatic heterocycles. The molecule has 0 unspecified atom stereocenters. The van der Waals surface area contributed by atoms with Crippen LogP contribution in [0.3, 0.4) is 0 Å². The van der Waals surface area contributed by atoms with Gasteiger partial charge < -0.3 is 0 Å². The first-order valence-electron chi connectivity index (χ1n) is 9.08. The molecule has 0 atom stereocenters. The van der Waals surface area contributed by atoms with Gasteiger partial charge in [-0.2, -0.15) is 0 Å². The van der Waals surface area contributed by atoms with Crippen LogP contribution in [0.1, 0.15) is 50.7 Å². The van der Waals surface area contributed by atoms with Crippen molar-refractivity contribution in [3.05, 3.63) is 50.9 Å². The number of nitro groups is 1. The first kappa shape index (κ1) is 19.3. The van der Waals surface area contributed by atoms with E-state index in [4.69, 9.17) is 0 Å².